The molecule has 116 valence electrons. The van der Waals surface area contributed by atoms with Gasteiger partial charge in [0, 0.05) is 28.4 Å². The van der Waals surface area contributed by atoms with E-state index in [2.05, 4.69) is 54.8 Å². The lowest BCUT2D eigenvalue weighted by Crippen LogP contribution is -2.30. The summed E-state index contributed by atoms with van der Waals surface area (Å²) in [6.07, 6.45) is 0.257. The van der Waals surface area contributed by atoms with Crippen molar-refractivity contribution < 1.29 is 5.11 Å². The van der Waals surface area contributed by atoms with Crippen LogP contribution in [0.4, 0.5) is 0 Å². The molecular weight excluding hydrogens is 272 g/mol. The van der Waals surface area contributed by atoms with Crippen LogP contribution >= 0.6 is 0 Å². The third-order valence-electron chi connectivity index (χ3n) is 4.55. The smallest absolute Gasteiger partial charge is 0.0757 e. The molecule has 3 N–H and O–H groups in total. The number of nitrogens with two attached hydrogens (primary N) is 1. The average Bonchev–Trinajstić information content (AvgIpc) is 2.81. The highest BCUT2D eigenvalue weighted by Gasteiger charge is 2.22. The van der Waals surface area contributed by atoms with Crippen LogP contribution in [-0.4, -0.2) is 22.3 Å². The van der Waals surface area contributed by atoms with E-state index in [-0.39, 0.29) is 6.04 Å². The van der Waals surface area contributed by atoms with E-state index in [0.717, 1.165) is 11.0 Å². The Kier molecular flexibility index (Phi) is 3.94. The van der Waals surface area contributed by atoms with Crippen molar-refractivity contribution in [3.63, 3.8) is 0 Å². The number of hydrogen-bond acceptors (Lipinski definition) is 2. The van der Waals surface area contributed by atoms with Crippen molar-refractivity contribution >= 4 is 21.8 Å². The fourth-order valence-electron chi connectivity index (χ4n) is 3.35. The molecule has 0 aliphatic carbocycles. The Morgan fingerprint density at radius 2 is 1.50 bits per heavy atom. The van der Waals surface area contributed by atoms with Gasteiger partial charge in [-0.2, -0.15) is 0 Å². The molecule has 0 radical (unpaired) electrons. The minimum atomic E-state index is -0.439. The average molecular weight is 296 g/mol. The standard InChI is InChI=1S/C19H24N2O/c1-4-19(22)18(11-20)21-16-7-5-12(2)9-14(16)15-10-13(3)6-8-17(15)21/h5-10,18-19,22H,4,11,20H2,1-3H3/t18-,19-/m0/s1. The lowest BCUT2D eigenvalue weighted by molar-refractivity contribution is 0.116. The number of fused-ring (bicyclic) bond motifs is 3. The lowest BCUT2D eigenvalue weighted by atomic mass is 10.1. The Morgan fingerprint density at radius 1 is 1.00 bits per heavy atom. The SMILES string of the molecule is CC[C@H](O)[C@H](CN)n1c2ccc(C)cc2c2cc(C)ccc21. The fraction of sp³-hybridized carbons (Fsp3) is 0.368. The van der Waals surface area contributed by atoms with Gasteiger partial charge in [-0.1, -0.05) is 30.2 Å². The Labute approximate surface area is 131 Å². The Morgan fingerprint density at radius 3 is 1.91 bits per heavy atom. The van der Waals surface area contributed by atoms with Crippen LogP contribution in [-0.2, 0) is 0 Å². The molecule has 3 heteroatoms. The van der Waals surface area contributed by atoms with E-state index in [1.165, 1.54) is 21.9 Å². The number of hydrogen-bond donors (Lipinski definition) is 2. The molecule has 0 aliphatic rings. The molecule has 0 fully saturated rings. The number of benzene rings is 2. The van der Waals surface area contributed by atoms with Crippen molar-refractivity contribution in [2.45, 2.75) is 39.3 Å². The van der Waals surface area contributed by atoms with E-state index < -0.39 is 6.10 Å². The maximum atomic E-state index is 10.4. The zero-order valence-corrected chi connectivity index (χ0v) is 13.5. The van der Waals surface area contributed by atoms with Crippen molar-refractivity contribution in [2.24, 2.45) is 5.73 Å². The van der Waals surface area contributed by atoms with Crippen LogP contribution in [0.15, 0.2) is 36.4 Å². The van der Waals surface area contributed by atoms with E-state index in [0.29, 0.717) is 13.0 Å². The summed E-state index contributed by atoms with van der Waals surface area (Å²) in [5, 5.41) is 12.9. The largest absolute Gasteiger partial charge is 0.391 e. The van der Waals surface area contributed by atoms with Crippen LogP contribution in [0.1, 0.15) is 30.5 Å². The molecule has 0 aliphatic heterocycles. The van der Waals surface area contributed by atoms with Crippen molar-refractivity contribution in [3.05, 3.63) is 47.5 Å². The van der Waals surface area contributed by atoms with Crippen LogP contribution in [0.2, 0.25) is 0 Å². The Balaban J connectivity index is 2.40. The molecule has 0 amide bonds. The van der Waals surface area contributed by atoms with Crippen molar-refractivity contribution in [3.8, 4) is 0 Å². The van der Waals surface area contributed by atoms with Gasteiger partial charge in [-0.15, -0.1) is 0 Å². The summed E-state index contributed by atoms with van der Waals surface area (Å²) in [6.45, 7) is 6.64. The number of aryl methyl sites for hydroxylation is 2. The maximum Gasteiger partial charge on any atom is 0.0757 e. The quantitative estimate of drug-likeness (QED) is 0.771. The minimum Gasteiger partial charge on any atom is -0.391 e. The molecule has 3 nitrogen and oxygen atoms in total. The zero-order chi connectivity index (χ0) is 15.9. The van der Waals surface area contributed by atoms with Gasteiger partial charge < -0.3 is 15.4 Å². The predicted molar refractivity (Wildman–Crippen MR) is 93.3 cm³/mol. The van der Waals surface area contributed by atoms with Gasteiger partial charge in [0.15, 0.2) is 0 Å². The van der Waals surface area contributed by atoms with Crippen LogP contribution in [0.3, 0.4) is 0 Å². The summed E-state index contributed by atoms with van der Waals surface area (Å²) in [5.41, 5.74) is 10.8. The van der Waals surface area contributed by atoms with Gasteiger partial charge in [0.1, 0.15) is 0 Å². The highest BCUT2D eigenvalue weighted by Crippen LogP contribution is 2.34. The molecule has 22 heavy (non-hydrogen) atoms. The van der Waals surface area contributed by atoms with Gasteiger partial charge in [0.2, 0.25) is 0 Å². The van der Waals surface area contributed by atoms with Gasteiger partial charge in [0.25, 0.3) is 0 Å². The highest BCUT2D eigenvalue weighted by atomic mass is 16.3. The van der Waals surface area contributed by atoms with Crippen LogP contribution in [0, 0.1) is 13.8 Å². The molecule has 3 aromatic rings. The van der Waals surface area contributed by atoms with E-state index in [1.54, 1.807) is 0 Å². The summed E-state index contributed by atoms with van der Waals surface area (Å²) in [6, 6.07) is 12.9. The first-order valence-electron chi connectivity index (χ1n) is 7.95. The molecule has 3 rings (SSSR count). The third-order valence-corrected chi connectivity index (χ3v) is 4.55. The molecule has 2 atom stereocenters. The molecule has 0 bridgehead atoms. The van der Waals surface area contributed by atoms with Crippen molar-refractivity contribution in [1.29, 1.82) is 0 Å². The first-order valence-corrected chi connectivity index (χ1v) is 7.95. The molecule has 0 saturated carbocycles. The summed E-state index contributed by atoms with van der Waals surface area (Å²) < 4.78 is 2.22. The van der Waals surface area contributed by atoms with E-state index in [4.69, 9.17) is 5.73 Å². The van der Waals surface area contributed by atoms with Crippen LogP contribution in [0.5, 0.6) is 0 Å². The summed E-state index contributed by atoms with van der Waals surface area (Å²) in [5.74, 6) is 0. The molecule has 2 aromatic carbocycles. The first kappa shape index (κ1) is 15.1. The predicted octanol–water partition coefficient (Wildman–Crippen LogP) is 3.68. The monoisotopic (exact) mass is 296 g/mol. The van der Waals surface area contributed by atoms with E-state index >= 15 is 0 Å². The van der Waals surface area contributed by atoms with Crippen molar-refractivity contribution in [1.82, 2.24) is 4.57 Å². The fourth-order valence-corrected chi connectivity index (χ4v) is 3.35. The van der Waals surface area contributed by atoms with Crippen LogP contribution in [0.25, 0.3) is 21.8 Å². The molecule has 0 unspecified atom stereocenters. The second-order valence-electron chi connectivity index (χ2n) is 6.19. The summed E-state index contributed by atoms with van der Waals surface area (Å²) in [7, 11) is 0. The maximum absolute atomic E-state index is 10.4. The van der Waals surface area contributed by atoms with E-state index in [9.17, 15) is 5.11 Å². The molecular formula is C19H24N2O. The third kappa shape index (κ3) is 2.31. The number of aliphatic hydroxyl groups excluding tert-OH is 1. The molecule has 0 spiro atoms. The van der Waals surface area contributed by atoms with E-state index in [1.807, 2.05) is 6.92 Å². The van der Waals surface area contributed by atoms with Gasteiger partial charge in [-0.25, -0.2) is 0 Å². The Bertz CT molecular complexity index is 760. The number of aliphatic hydroxyl groups is 1. The normalized spacial score (nSPS) is 14.6. The Hall–Kier alpha value is -1.84. The first-order chi connectivity index (χ1) is 10.6. The number of aromatic nitrogens is 1. The number of nitrogens with zero attached hydrogens (tertiary/aromatic N) is 1. The molecule has 0 saturated heterocycles. The second kappa shape index (κ2) is 5.75. The van der Waals surface area contributed by atoms with Gasteiger partial charge in [-0.05, 0) is 44.5 Å². The number of rotatable bonds is 4. The van der Waals surface area contributed by atoms with Crippen molar-refractivity contribution in [2.75, 3.05) is 6.54 Å². The lowest BCUT2D eigenvalue weighted by Gasteiger charge is -2.24. The summed E-state index contributed by atoms with van der Waals surface area (Å²) >= 11 is 0. The summed E-state index contributed by atoms with van der Waals surface area (Å²) in [4.78, 5) is 0. The minimum absolute atomic E-state index is 0.101. The van der Waals surface area contributed by atoms with Crippen LogP contribution < -0.4 is 5.73 Å². The zero-order valence-electron chi connectivity index (χ0n) is 13.5. The molecule has 1 aromatic heterocycles. The highest BCUT2D eigenvalue weighted by molar-refractivity contribution is 6.08. The second-order valence-corrected chi connectivity index (χ2v) is 6.19. The van der Waals surface area contributed by atoms with Gasteiger partial charge in [-0.3, -0.25) is 0 Å². The topological polar surface area (TPSA) is 51.2 Å². The van der Waals surface area contributed by atoms with Gasteiger partial charge in [0.05, 0.1) is 12.1 Å². The molecule has 1 heterocycles. The van der Waals surface area contributed by atoms with Gasteiger partial charge >= 0.3 is 0 Å².